The zero-order valence-corrected chi connectivity index (χ0v) is 49.6. The first-order valence-electron chi connectivity index (χ1n) is 31.5. The minimum atomic E-state index is -0.623. The largest absolute Gasteiger partial charge is 0.347 e. The number of nitrogens with one attached hydrogen (secondary N) is 3. The molecule has 0 bridgehead atoms. The summed E-state index contributed by atoms with van der Waals surface area (Å²) >= 11 is 0. The first-order valence-corrected chi connectivity index (χ1v) is 31.5. The van der Waals surface area contributed by atoms with Crippen LogP contribution in [-0.2, 0) is 51.2 Å². The SMILES string of the molecule is CC[C@@H](C)C(=O)N[C@H](C(=O)N1CCC[C@H]1CN(CCc1ccc(F)cc1)C(=O)CCC(=O)C1CCC(C(=O)NCC(=O)N(CCc2ccc(F)cc2)C[C@@H]2CCCN2C(=O)[C@@H](CC(=O)[C@H](C)NC)C2CCCCC2)CC1)C1CCCCC1. The molecule has 2 heterocycles. The zero-order chi connectivity index (χ0) is 58.7. The number of halogens is 2. The van der Waals surface area contributed by atoms with Crippen LogP contribution >= 0.6 is 0 Å². The van der Waals surface area contributed by atoms with Crippen molar-refractivity contribution in [2.45, 2.75) is 199 Å². The molecule has 15 nitrogen and oxygen atoms in total. The number of hydrogen-bond acceptors (Lipinski definition) is 9. The van der Waals surface area contributed by atoms with Gasteiger partial charge in [-0.15, -0.1) is 0 Å². The van der Waals surface area contributed by atoms with Crippen molar-refractivity contribution in [3.63, 3.8) is 0 Å². The molecule has 2 aromatic carbocycles. The van der Waals surface area contributed by atoms with Crippen LogP contribution in [0.1, 0.15) is 173 Å². The van der Waals surface area contributed by atoms with Crippen molar-refractivity contribution in [1.29, 1.82) is 0 Å². The summed E-state index contributed by atoms with van der Waals surface area (Å²) in [5.74, 6) is -2.90. The van der Waals surface area contributed by atoms with E-state index in [0.717, 1.165) is 88.2 Å². The average Bonchev–Trinajstić information content (AvgIpc) is 4.20. The van der Waals surface area contributed by atoms with E-state index in [1.807, 2.05) is 30.6 Å². The molecule has 17 heteroatoms. The average molecular weight is 1140 g/mol. The third-order valence-electron chi connectivity index (χ3n) is 19.2. The number of carbonyl (C=O) groups excluding carboxylic acids is 8. The summed E-state index contributed by atoms with van der Waals surface area (Å²) in [6.07, 6.45) is 16.5. The molecule has 2 aliphatic heterocycles. The Morgan fingerprint density at radius 2 is 1.10 bits per heavy atom. The number of ketones is 2. The molecule has 3 aliphatic carbocycles. The van der Waals surface area contributed by atoms with E-state index in [1.54, 1.807) is 41.1 Å². The Balaban J connectivity index is 0.934. The van der Waals surface area contributed by atoms with Crippen LogP contribution in [0, 0.1) is 47.1 Å². The van der Waals surface area contributed by atoms with E-state index in [9.17, 15) is 47.1 Å². The second-order valence-corrected chi connectivity index (χ2v) is 24.7. The number of likely N-dealkylation sites (N-methyl/N-ethyl adjacent to an activating group) is 1. The molecular weight excluding hydrogens is 1040 g/mol. The van der Waals surface area contributed by atoms with E-state index < -0.39 is 17.9 Å². The lowest BCUT2D eigenvalue weighted by molar-refractivity contribution is -0.143. The van der Waals surface area contributed by atoms with Crippen molar-refractivity contribution in [3.05, 3.63) is 71.3 Å². The fourth-order valence-corrected chi connectivity index (χ4v) is 13.6. The van der Waals surface area contributed by atoms with Crippen molar-refractivity contribution in [1.82, 2.24) is 35.6 Å². The molecule has 0 unspecified atom stereocenters. The Morgan fingerprint density at radius 1 is 0.598 bits per heavy atom. The Kier molecular flexibility index (Phi) is 24.9. The molecule has 0 aromatic heterocycles. The summed E-state index contributed by atoms with van der Waals surface area (Å²) in [4.78, 5) is 119. The van der Waals surface area contributed by atoms with Gasteiger partial charge in [0.15, 0.2) is 0 Å². The number of hydrogen-bond donors (Lipinski definition) is 3. The van der Waals surface area contributed by atoms with Gasteiger partial charge in [0.05, 0.1) is 12.6 Å². The van der Waals surface area contributed by atoms with E-state index in [1.165, 1.54) is 24.3 Å². The number of rotatable bonds is 28. The first kappa shape index (κ1) is 64.0. The van der Waals surface area contributed by atoms with Crippen LogP contribution in [0.5, 0.6) is 0 Å². The van der Waals surface area contributed by atoms with Gasteiger partial charge in [-0.1, -0.05) is 76.6 Å². The van der Waals surface area contributed by atoms with E-state index in [-0.39, 0.29) is 139 Å². The summed E-state index contributed by atoms with van der Waals surface area (Å²) in [5, 5.41) is 9.08. The van der Waals surface area contributed by atoms with Crippen LogP contribution in [-0.4, -0.2) is 144 Å². The fraction of sp³-hybridized carbons (Fsp3) is 0.692. The Hall–Kier alpha value is -5.58. The highest BCUT2D eigenvalue weighted by Gasteiger charge is 2.42. The second-order valence-electron chi connectivity index (χ2n) is 24.7. The lowest BCUT2D eigenvalue weighted by Gasteiger charge is -2.37. The van der Waals surface area contributed by atoms with Gasteiger partial charge < -0.3 is 35.6 Å². The summed E-state index contributed by atoms with van der Waals surface area (Å²) in [6.45, 7) is 7.66. The summed E-state index contributed by atoms with van der Waals surface area (Å²) < 4.78 is 27.7. The quantitative estimate of drug-likeness (QED) is 0.0751. The van der Waals surface area contributed by atoms with Gasteiger partial charge in [0.25, 0.3) is 0 Å². The summed E-state index contributed by atoms with van der Waals surface area (Å²) in [5.41, 5.74) is 1.71. The van der Waals surface area contributed by atoms with Crippen molar-refractivity contribution >= 4 is 47.0 Å². The number of benzene rings is 2. The number of likely N-dealkylation sites (tertiary alicyclic amines) is 2. The van der Waals surface area contributed by atoms with Gasteiger partial charge >= 0.3 is 0 Å². The third-order valence-corrected chi connectivity index (χ3v) is 19.2. The molecule has 2 aromatic rings. The maximum atomic E-state index is 14.6. The Morgan fingerprint density at radius 3 is 1.62 bits per heavy atom. The van der Waals surface area contributed by atoms with Crippen molar-refractivity contribution in [2.24, 2.45) is 35.5 Å². The van der Waals surface area contributed by atoms with Gasteiger partial charge in [0.1, 0.15) is 29.2 Å². The topological polar surface area (TPSA) is 186 Å². The maximum Gasteiger partial charge on any atom is 0.245 e. The van der Waals surface area contributed by atoms with Crippen LogP contribution in [0.2, 0.25) is 0 Å². The summed E-state index contributed by atoms with van der Waals surface area (Å²) in [7, 11) is 1.75. The van der Waals surface area contributed by atoms with Gasteiger partial charge in [-0.25, -0.2) is 8.78 Å². The van der Waals surface area contributed by atoms with E-state index >= 15 is 0 Å². The predicted molar refractivity (Wildman–Crippen MR) is 312 cm³/mol. The van der Waals surface area contributed by atoms with Crippen LogP contribution < -0.4 is 16.0 Å². The molecule has 452 valence electrons. The zero-order valence-electron chi connectivity index (χ0n) is 49.6. The Bertz CT molecular complexity index is 2270. The third kappa shape index (κ3) is 18.2. The van der Waals surface area contributed by atoms with Gasteiger partial charge in [0.2, 0.25) is 35.4 Å². The lowest BCUT2D eigenvalue weighted by atomic mass is 9.76. The molecule has 6 atom stereocenters. The van der Waals surface area contributed by atoms with Gasteiger partial charge in [-0.05, 0) is 158 Å². The number of Topliss-reactive ketones (excluding diaryl/α,β-unsaturated/α-hetero) is 2. The van der Waals surface area contributed by atoms with Crippen LogP contribution in [0.15, 0.2) is 48.5 Å². The van der Waals surface area contributed by atoms with E-state index in [0.29, 0.717) is 84.0 Å². The minimum Gasteiger partial charge on any atom is -0.347 e. The molecule has 5 aliphatic rings. The molecule has 82 heavy (non-hydrogen) atoms. The molecule has 3 saturated carbocycles. The molecule has 6 amide bonds. The molecular formula is C65H95F2N7O8. The number of carbonyl (C=O) groups is 8. The molecule has 7 rings (SSSR count). The lowest BCUT2D eigenvalue weighted by Crippen LogP contribution is -2.56. The van der Waals surface area contributed by atoms with Gasteiger partial charge in [-0.3, -0.25) is 38.4 Å². The first-order chi connectivity index (χ1) is 39.5. The van der Waals surface area contributed by atoms with Crippen molar-refractivity contribution in [3.8, 4) is 0 Å². The second kappa shape index (κ2) is 31.9. The van der Waals surface area contributed by atoms with Crippen LogP contribution in [0.25, 0.3) is 0 Å². The standard InChI is InChI=1S/C65H95F2N7O8/c1-5-44(2)62(79)70-61(50-16-10-7-11-17-50)65(82)74-37-13-19-55(74)42-71(38-34-46-20-28-52(66)29-21-46)59(77)33-32-57(75)49-24-26-51(27-25-49)63(80)69-41-60(78)72(39-35-47-22-30-53(67)31-23-47)43-54-18-12-36-73(54)64(81)56(40-58(76)45(3)68-4)48-14-8-6-9-15-48/h20-23,28-31,44-45,48-51,54-56,61,68H,5-19,24-27,32-43H2,1-4H3,(H,69,80)(H,70,79)/t44-,45+,49?,51?,54+,55+,56+,61+/m1/s1. The minimum absolute atomic E-state index is 0.0116. The monoisotopic (exact) mass is 1140 g/mol. The van der Waals surface area contributed by atoms with Gasteiger partial charge in [0, 0.05) is 94.3 Å². The van der Waals surface area contributed by atoms with Crippen molar-refractivity contribution in [2.75, 3.05) is 52.9 Å². The highest BCUT2D eigenvalue weighted by molar-refractivity contribution is 5.91. The van der Waals surface area contributed by atoms with Gasteiger partial charge in [-0.2, -0.15) is 0 Å². The molecule has 2 saturated heterocycles. The number of amides is 6. The van der Waals surface area contributed by atoms with Crippen LogP contribution in [0.3, 0.4) is 0 Å². The van der Waals surface area contributed by atoms with Crippen molar-refractivity contribution < 1.29 is 47.1 Å². The van der Waals surface area contributed by atoms with Crippen LogP contribution in [0.4, 0.5) is 8.78 Å². The smallest absolute Gasteiger partial charge is 0.245 e. The van der Waals surface area contributed by atoms with E-state index in [2.05, 4.69) is 16.0 Å². The summed E-state index contributed by atoms with van der Waals surface area (Å²) in [6, 6.07) is 10.8. The highest BCUT2D eigenvalue weighted by Crippen LogP contribution is 2.36. The maximum absolute atomic E-state index is 14.6. The normalized spacial score (nSPS) is 22.2. The molecule has 3 N–H and O–H groups in total. The molecule has 5 fully saturated rings. The Labute approximate surface area is 486 Å². The highest BCUT2D eigenvalue weighted by atomic mass is 19.1. The number of nitrogens with zero attached hydrogens (tertiary/aromatic N) is 4. The van der Waals surface area contributed by atoms with E-state index in [4.69, 9.17) is 0 Å². The molecule has 0 spiro atoms. The fourth-order valence-electron chi connectivity index (χ4n) is 13.6. The predicted octanol–water partition coefficient (Wildman–Crippen LogP) is 8.54. The molecule has 0 radical (unpaired) electrons.